The highest BCUT2D eigenvalue weighted by atomic mass is 16.6. The van der Waals surface area contributed by atoms with E-state index >= 15 is 0 Å². The van der Waals surface area contributed by atoms with Crippen LogP contribution in [-0.2, 0) is 4.74 Å². The van der Waals surface area contributed by atoms with Crippen molar-refractivity contribution in [3.8, 4) is 0 Å². The van der Waals surface area contributed by atoms with Crippen molar-refractivity contribution in [2.75, 3.05) is 42.2 Å². The van der Waals surface area contributed by atoms with Crippen LogP contribution in [0.4, 0.5) is 23.3 Å². The molecule has 120 valence electrons. The molecule has 3 N–H and O–H groups in total. The molecule has 2 saturated heterocycles. The lowest BCUT2D eigenvalue weighted by atomic mass is 10.2. The molecule has 2 aliphatic rings. The van der Waals surface area contributed by atoms with E-state index in [0.717, 1.165) is 45.4 Å². The number of rotatable bonds is 5. The van der Waals surface area contributed by atoms with Crippen LogP contribution in [0.3, 0.4) is 0 Å². The van der Waals surface area contributed by atoms with Gasteiger partial charge in [-0.3, -0.25) is 10.1 Å². The number of aromatic nitrogens is 2. The molecule has 0 aromatic carbocycles. The molecule has 0 spiro atoms. The van der Waals surface area contributed by atoms with Crippen molar-refractivity contribution >= 4 is 23.3 Å². The van der Waals surface area contributed by atoms with E-state index in [-0.39, 0.29) is 17.6 Å². The molecule has 0 bridgehead atoms. The molecule has 0 radical (unpaired) electrons. The molecule has 0 unspecified atom stereocenters. The molecular formula is C13H20N6O3. The van der Waals surface area contributed by atoms with E-state index in [1.165, 1.54) is 0 Å². The number of nitrogens with two attached hydrogens (primary N) is 1. The molecule has 22 heavy (non-hydrogen) atoms. The van der Waals surface area contributed by atoms with E-state index in [1.54, 1.807) is 0 Å². The SMILES string of the molecule is Nc1nc(NC[C@H]2CCCO2)nc(N2CCCC2)c1[N+](=O)[O-]. The molecule has 2 aliphatic heterocycles. The molecule has 2 fully saturated rings. The van der Waals surface area contributed by atoms with E-state index < -0.39 is 4.92 Å². The maximum absolute atomic E-state index is 11.3. The Kier molecular flexibility index (Phi) is 4.23. The molecule has 3 rings (SSSR count). The third-order valence-corrected chi connectivity index (χ3v) is 3.99. The predicted molar refractivity (Wildman–Crippen MR) is 82.0 cm³/mol. The highest BCUT2D eigenvalue weighted by molar-refractivity contribution is 5.71. The van der Waals surface area contributed by atoms with Gasteiger partial charge in [-0.05, 0) is 25.7 Å². The summed E-state index contributed by atoms with van der Waals surface area (Å²) in [7, 11) is 0. The van der Waals surface area contributed by atoms with Crippen molar-refractivity contribution in [1.29, 1.82) is 0 Å². The third-order valence-electron chi connectivity index (χ3n) is 3.99. The van der Waals surface area contributed by atoms with Crippen LogP contribution < -0.4 is 16.0 Å². The van der Waals surface area contributed by atoms with E-state index in [2.05, 4.69) is 15.3 Å². The lowest BCUT2D eigenvalue weighted by Crippen LogP contribution is -2.24. The Hall–Kier alpha value is -2.16. The summed E-state index contributed by atoms with van der Waals surface area (Å²) in [4.78, 5) is 21.0. The van der Waals surface area contributed by atoms with Gasteiger partial charge in [0.2, 0.25) is 17.6 Å². The van der Waals surface area contributed by atoms with Crippen LogP contribution in [0.2, 0.25) is 0 Å². The summed E-state index contributed by atoms with van der Waals surface area (Å²) in [5.74, 6) is 0.530. The molecule has 9 nitrogen and oxygen atoms in total. The summed E-state index contributed by atoms with van der Waals surface area (Å²) in [6.45, 7) is 2.86. The second-order valence-electron chi connectivity index (χ2n) is 5.57. The fourth-order valence-electron chi connectivity index (χ4n) is 2.87. The summed E-state index contributed by atoms with van der Waals surface area (Å²) in [6, 6.07) is 0. The Balaban J connectivity index is 1.82. The Bertz CT molecular complexity index is 555. The summed E-state index contributed by atoms with van der Waals surface area (Å²) < 4.78 is 5.53. The monoisotopic (exact) mass is 308 g/mol. The van der Waals surface area contributed by atoms with Crippen LogP contribution in [0, 0.1) is 10.1 Å². The first-order valence-corrected chi connectivity index (χ1v) is 7.57. The van der Waals surface area contributed by atoms with Gasteiger partial charge >= 0.3 is 5.69 Å². The summed E-state index contributed by atoms with van der Waals surface area (Å²) in [6.07, 6.45) is 4.18. The zero-order valence-electron chi connectivity index (χ0n) is 12.3. The average molecular weight is 308 g/mol. The lowest BCUT2D eigenvalue weighted by Gasteiger charge is -2.18. The van der Waals surface area contributed by atoms with E-state index in [4.69, 9.17) is 10.5 Å². The summed E-state index contributed by atoms with van der Waals surface area (Å²) >= 11 is 0. The number of anilines is 3. The molecule has 1 aromatic heterocycles. The van der Waals surface area contributed by atoms with Gasteiger partial charge in [-0.25, -0.2) is 0 Å². The standard InChI is InChI=1S/C13H20N6O3/c14-11-10(19(20)21)12(18-5-1-2-6-18)17-13(16-11)15-8-9-4-3-7-22-9/h9H,1-8H2,(H3,14,15,16,17)/t9-/m1/s1. The first-order valence-electron chi connectivity index (χ1n) is 7.57. The highest BCUT2D eigenvalue weighted by Crippen LogP contribution is 2.33. The van der Waals surface area contributed by atoms with Crippen LogP contribution >= 0.6 is 0 Å². The van der Waals surface area contributed by atoms with Crippen molar-refractivity contribution in [3.05, 3.63) is 10.1 Å². The van der Waals surface area contributed by atoms with Crippen LogP contribution in [0.5, 0.6) is 0 Å². The van der Waals surface area contributed by atoms with Crippen LogP contribution in [0.15, 0.2) is 0 Å². The Morgan fingerprint density at radius 1 is 1.36 bits per heavy atom. The predicted octanol–water partition coefficient (Wildman–Crippen LogP) is 1.16. The van der Waals surface area contributed by atoms with Crippen molar-refractivity contribution in [3.63, 3.8) is 0 Å². The zero-order valence-corrected chi connectivity index (χ0v) is 12.3. The minimum Gasteiger partial charge on any atom is -0.378 e. The highest BCUT2D eigenvalue weighted by Gasteiger charge is 2.29. The van der Waals surface area contributed by atoms with Crippen molar-refractivity contribution in [2.24, 2.45) is 0 Å². The number of hydrogen-bond acceptors (Lipinski definition) is 8. The Labute approximate surface area is 128 Å². The second-order valence-corrected chi connectivity index (χ2v) is 5.57. The molecule has 3 heterocycles. The van der Waals surface area contributed by atoms with E-state index in [0.29, 0.717) is 18.3 Å². The zero-order chi connectivity index (χ0) is 15.5. The van der Waals surface area contributed by atoms with Crippen molar-refractivity contribution in [2.45, 2.75) is 31.8 Å². The van der Waals surface area contributed by atoms with Gasteiger partial charge in [0.25, 0.3) is 0 Å². The number of hydrogen-bond donors (Lipinski definition) is 2. The van der Waals surface area contributed by atoms with Crippen LogP contribution in [0.25, 0.3) is 0 Å². The fraction of sp³-hybridized carbons (Fsp3) is 0.692. The van der Waals surface area contributed by atoms with Crippen molar-refractivity contribution < 1.29 is 9.66 Å². The van der Waals surface area contributed by atoms with Crippen LogP contribution in [-0.4, -0.2) is 47.2 Å². The number of nitrogens with zero attached hydrogens (tertiary/aromatic N) is 4. The summed E-state index contributed by atoms with van der Waals surface area (Å²) in [5, 5.41) is 14.3. The van der Waals surface area contributed by atoms with Gasteiger partial charge < -0.3 is 20.7 Å². The second kappa shape index (κ2) is 6.30. The van der Waals surface area contributed by atoms with Gasteiger partial charge in [-0.2, -0.15) is 9.97 Å². The summed E-state index contributed by atoms with van der Waals surface area (Å²) in [5.41, 5.74) is 5.58. The maximum atomic E-state index is 11.3. The minimum atomic E-state index is -0.507. The third kappa shape index (κ3) is 3.03. The smallest absolute Gasteiger partial charge is 0.353 e. The number of ether oxygens (including phenoxy) is 1. The lowest BCUT2D eigenvalue weighted by molar-refractivity contribution is -0.383. The largest absolute Gasteiger partial charge is 0.378 e. The first-order chi connectivity index (χ1) is 10.6. The van der Waals surface area contributed by atoms with E-state index in [1.807, 2.05) is 4.90 Å². The average Bonchev–Trinajstić information content (AvgIpc) is 3.17. The van der Waals surface area contributed by atoms with E-state index in [9.17, 15) is 10.1 Å². The maximum Gasteiger partial charge on any atom is 0.353 e. The van der Waals surface area contributed by atoms with Gasteiger partial charge in [0, 0.05) is 26.2 Å². The molecule has 0 amide bonds. The van der Waals surface area contributed by atoms with Gasteiger partial charge in [0.15, 0.2) is 0 Å². The van der Waals surface area contributed by atoms with Gasteiger partial charge in [-0.1, -0.05) is 0 Å². The fourth-order valence-corrected chi connectivity index (χ4v) is 2.87. The minimum absolute atomic E-state index is 0.100. The molecule has 1 aromatic rings. The van der Waals surface area contributed by atoms with Gasteiger partial charge in [0.1, 0.15) is 0 Å². The molecule has 9 heteroatoms. The molecule has 0 aliphatic carbocycles. The Morgan fingerprint density at radius 3 is 2.77 bits per heavy atom. The number of nitrogens with one attached hydrogen (secondary N) is 1. The van der Waals surface area contributed by atoms with Crippen LogP contribution in [0.1, 0.15) is 25.7 Å². The Morgan fingerprint density at radius 2 is 2.14 bits per heavy atom. The quantitative estimate of drug-likeness (QED) is 0.614. The molecule has 0 saturated carbocycles. The normalized spacial score (nSPS) is 21.3. The van der Waals surface area contributed by atoms with Crippen molar-refractivity contribution in [1.82, 2.24) is 9.97 Å². The first kappa shape index (κ1) is 14.8. The van der Waals surface area contributed by atoms with Gasteiger partial charge in [0.05, 0.1) is 11.0 Å². The topological polar surface area (TPSA) is 119 Å². The molecule has 1 atom stereocenters. The van der Waals surface area contributed by atoms with Gasteiger partial charge in [-0.15, -0.1) is 0 Å². The number of nitro groups is 1. The molecular weight excluding hydrogens is 288 g/mol. The number of nitrogen functional groups attached to an aromatic ring is 1.